The maximum absolute atomic E-state index is 5.47. The minimum absolute atomic E-state index is 0.491. The second-order valence-corrected chi connectivity index (χ2v) is 5.52. The second kappa shape index (κ2) is 4.82. The SMILES string of the molecule is c1c(C2CCOCCN2)cn2c1CSCC2. The van der Waals surface area contributed by atoms with Crippen LogP contribution < -0.4 is 5.32 Å². The lowest BCUT2D eigenvalue weighted by Gasteiger charge is -2.14. The zero-order valence-electron chi connectivity index (χ0n) is 9.45. The average molecular weight is 238 g/mol. The molecule has 2 aliphatic heterocycles. The van der Waals surface area contributed by atoms with Crippen molar-refractivity contribution in [3.63, 3.8) is 0 Å². The summed E-state index contributed by atoms with van der Waals surface area (Å²) < 4.78 is 7.89. The Balaban J connectivity index is 1.79. The summed E-state index contributed by atoms with van der Waals surface area (Å²) in [4.78, 5) is 0. The van der Waals surface area contributed by atoms with Gasteiger partial charge in [0.1, 0.15) is 0 Å². The molecular formula is C12H18N2OS. The molecule has 3 heterocycles. The Hall–Kier alpha value is -0.450. The van der Waals surface area contributed by atoms with Gasteiger partial charge in [0.25, 0.3) is 0 Å². The van der Waals surface area contributed by atoms with Crippen LogP contribution in [0.3, 0.4) is 0 Å². The molecule has 2 aliphatic rings. The normalized spacial score (nSPS) is 26.1. The summed E-state index contributed by atoms with van der Waals surface area (Å²) in [6.45, 7) is 3.87. The van der Waals surface area contributed by atoms with E-state index in [4.69, 9.17) is 4.74 Å². The summed E-state index contributed by atoms with van der Waals surface area (Å²) in [5.41, 5.74) is 2.93. The molecule has 0 spiro atoms. The summed E-state index contributed by atoms with van der Waals surface area (Å²) in [6.07, 6.45) is 3.43. The molecular weight excluding hydrogens is 220 g/mol. The third-order valence-electron chi connectivity index (χ3n) is 3.32. The van der Waals surface area contributed by atoms with E-state index in [9.17, 15) is 0 Å². The first-order valence-electron chi connectivity index (χ1n) is 6.01. The predicted octanol–water partition coefficient (Wildman–Crippen LogP) is 1.79. The van der Waals surface area contributed by atoms with Gasteiger partial charge < -0.3 is 14.6 Å². The maximum Gasteiger partial charge on any atom is 0.0591 e. The molecule has 0 aliphatic carbocycles. The lowest BCUT2D eigenvalue weighted by Crippen LogP contribution is -2.21. The Bertz CT molecular complexity index is 332. The van der Waals surface area contributed by atoms with Crippen LogP contribution in [-0.4, -0.2) is 30.1 Å². The highest BCUT2D eigenvalue weighted by molar-refractivity contribution is 7.98. The first-order chi connectivity index (χ1) is 7.93. The van der Waals surface area contributed by atoms with Crippen LogP contribution in [-0.2, 0) is 17.0 Å². The van der Waals surface area contributed by atoms with E-state index < -0.39 is 0 Å². The van der Waals surface area contributed by atoms with E-state index in [-0.39, 0.29) is 0 Å². The summed E-state index contributed by atoms with van der Waals surface area (Å²) >= 11 is 2.04. The molecule has 0 saturated carbocycles. The van der Waals surface area contributed by atoms with E-state index >= 15 is 0 Å². The van der Waals surface area contributed by atoms with Gasteiger partial charge in [-0.25, -0.2) is 0 Å². The molecule has 1 N–H and O–H groups in total. The smallest absolute Gasteiger partial charge is 0.0591 e. The average Bonchev–Trinajstić information content (AvgIpc) is 2.56. The Labute approximate surface area is 101 Å². The second-order valence-electron chi connectivity index (χ2n) is 4.42. The topological polar surface area (TPSA) is 26.2 Å². The molecule has 1 atom stereocenters. The summed E-state index contributed by atoms with van der Waals surface area (Å²) in [5.74, 6) is 2.42. The van der Waals surface area contributed by atoms with Gasteiger partial charge >= 0.3 is 0 Å². The van der Waals surface area contributed by atoms with Gasteiger partial charge in [-0.15, -0.1) is 0 Å². The molecule has 3 rings (SSSR count). The minimum atomic E-state index is 0.491. The molecule has 16 heavy (non-hydrogen) atoms. The summed E-state index contributed by atoms with van der Waals surface area (Å²) in [5, 5.41) is 3.56. The van der Waals surface area contributed by atoms with Crippen LogP contribution in [0, 0.1) is 0 Å². The number of thioether (sulfide) groups is 1. The third kappa shape index (κ3) is 2.14. The fourth-order valence-electron chi connectivity index (χ4n) is 2.43. The van der Waals surface area contributed by atoms with E-state index in [1.807, 2.05) is 11.8 Å². The van der Waals surface area contributed by atoms with Crippen molar-refractivity contribution in [3.8, 4) is 0 Å². The van der Waals surface area contributed by atoms with Crippen LogP contribution in [0.4, 0.5) is 0 Å². The van der Waals surface area contributed by atoms with Gasteiger partial charge in [-0.2, -0.15) is 11.8 Å². The molecule has 4 heteroatoms. The minimum Gasteiger partial charge on any atom is -0.380 e. The predicted molar refractivity (Wildman–Crippen MR) is 66.8 cm³/mol. The highest BCUT2D eigenvalue weighted by Crippen LogP contribution is 2.26. The zero-order valence-corrected chi connectivity index (χ0v) is 10.3. The van der Waals surface area contributed by atoms with E-state index in [0.717, 1.165) is 26.2 Å². The van der Waals surface area contributed by atoms with Gasteiger partial charge in [-0.3, -0.25) is 0 Å². The largest absolute Gasteiger partial charge is 0.380 e. The van der Waals surface area contributed by atoms with Crippen LogP contribution in [0.25, 0.3) is 0 Å². The van der Waals surface area contributed by atoms with Gasteiger partial charge in [0.05, 0.1) is 6.61 Å². The van der Waals surface area contributed by atoms with Crippen LogP contribution in [0.5, 0.6) is 0 Å². The number of aromatic nitrogens is 1. The Morgan fingerprint density at radius 1 is 1.44 bits per heavy atom. The number of ether oxygens (including phenoxy) is 1. The molecule has 3 nitrogen and oxygen atoms in total. The standard InChI is InChI=1S/C12H18N2OS/c1-4-15-5-2-13-12(1)10-7-11-9-16-6-3-14(11)8-10/h7-8,12-13H,1-6,9H2. The lowest BCUT2D eigenvalue weighted by molar-refractivity contribution is 0.150. The van der Waals surface area contributed by atoms with Crippen molar-refractivity contribution in [2.75, 3.05) is 25.5 Å². The van der Waals surface area contributed by atoms with Crippen molar-refractivity contribution in [3.05, 3.63) is 23.5 Å². The van der Waals surface area contributed by atoms with E-state index in [1.165, 1.54) is 29.3 Å². The molecule has 0 amide bonds. The van der Waals surface area contributed by atoms with Gasteiger partial charge in [0, 0.05) is 49.1 Å². The maximum atomic E-state index is 5.47. The Morgan fingerprint density at radius 2 is 2.44 bits per heavy atom. The highest BCUT2D eigenvalue weighted by atomic mass is 32.2. The van der Waals surface area contributed by atoms with Crippen molar-refractivity contribution in [2.24, 2.45) is 0 Å². The monoisotopic (exact) mass is 238 g/mol. The van der Waals surface area contributed by atoms with Gasteiger partial charge in [0.15, 0.2) is 0 Å². The van der Waals surface area contributed by atoms with Gasteiger partial charge in [-0.05, 0) is 18.1 Å². The van der Waals surface area contributed by atoms with Crippen LogP contribution >= 0.6 is 11.8 Å². The van der Waals surface area contributed by atoms with Gasteiger partial charge in [-0.1, -0.05) is 0 Å². The number of hydrogen-bond acceptors (Lipinski definition) is 3. The molecule has 1 fully saturated rings. The van der Waals surface area contributed by atoms with Crippen LogP contribution in [0.1, 0.15) is 23.7 Å². The van der Waals surface area contributed by atoms with Crippen LogP contribution in [0.2, 0.25) is 0 Å². The molecule has 1 aromatic heterocycles. The number of rotatable bonds is 1. The zero-order chi connectivity index (χ0) is 10.8. The fourth-order valence-corrected chi connectivity index (χ4v) is 3.36. The van der Waals surface area contributed by atoms with Crippen molar-refractivity contribution in [2.45, 2.75) is 24.8 Å². The quantitative estimate of drug-likeness (QED) is 0.808. The highest BCUT2D eigenvalue weighted by Gasteiger charge is 2.18. The fraction of sp³-hybridized carbons (Fsp3) is 0.667. The van der Waals surface area contributed by atoms with E-state index in [1.54, 1.807) is 0 Å². The molecule has 1 aromatic rings. The first-order valence-corrected chi connectivity index (χ1v) is 7.17. The van der Waals surface area contributed by atoms with Crippen molar-refractivity contribution >= 4 is 11.8 Å². The van der Waals surface area contributed by atoms with Crippen molar-refractivity contribution in [1.82, 2.24) is 9.88 Å². The van der Waals surface area contributed by atoms with Crippen molar-refractivity contribution < 1.29 is 4.74 Å². The number of nitrogens with one attached hydrogen (secondary N) is 1. The third-order valence-corrected chi connectivity index (χ3v) is 4.30. The Kier molecular flexibility index (Phi) is 3.22. The number of fused-ring (bicyclic) bond motifs is 1. The van der Waals surface area contributed by atoms with Gasteiger partial charge in [0.2, 0.25) is 0 Å². The lowest BCUT2D eigenvalue weighted by atomic mass is 10.1. The molecule has 1 saturated heterocycles. The summed E-state index contributed by atoms with van der Waals surface area (Å²) in [6, 6.07) is 2.86. The molecule has 88 valence electrons. The molecule has 0 radical (unpaired) electrons. The number of hydrogen-bond donors (Lipinski definition) is 1. The van der Waals surface area contributed by atoms with E-state index in [2.05, 4.69) is 22.1 Å². The summed E-state index contributed by atoms with van der Waals surface area (Å²) in [7, 11) is 0. The number of nitrogens with zero attached hydrogens (tertiary/aromatic N) is 1. The van der Waals surface area contributed by atoms with Crippen LogP contribution in [0.15, 0.2) is 12.3 Å². The van der Waals surface area contributed by atoms with E-state index in [0.29, 0.717) is 6.04 Å². The molecule has 0 aromatic carbocycles. The number of aryl methyl sites for hydroxylation is 1. The Morgan fingerprint density at radius 3 is 3.38 bits per heavy atom. The first kappa shape index (κ1) is 10.7. The molecule has 1 unspecified atom stereocenters. The van der Waals surface area contributed by atoms with Crippen molar-refractivity contribution in [1.29, 1.82) is 0 Å². The molecule has 0 bridgehead atoms.